The summed E-state index contributed by atoms with van der Waals surface area (Å²) in [5, 5.41) is 10.6. The zero-order chi connectivity index (χ0) is 19.1. The van der Waals surface area contributed by atoms with Crippen LogP contribution in [-0.2, 0) is 24.9 Å². The van der Waals surface area contributed by atoms with E-state index >= 15 is 0 Å². The van der Waals surface area contributed by atoms with Crippen LogP contribution < -0.4 is 15.5 Å². The summed E-state index contributed by atoms with van der Waals surface area (Å²) >= 11 is 0. The van der Waals surface area contributed by atoms with Crippen molar-refractivity contribution in [2.75, 3.05) is 31.1 Å². The van der Waals surface area contributed by atoms with Gasteiger partial charge < -0.3 is 20.3 Å². The van der Waals surface area contributed by atoms with Gasteiger partial charge in [-0.1, -0.05) is 6.07 Å². The highest BCUT2D eigenvalue weighted by Gasteiger charge is 2.17. The average Bonchev–Trinajstić information content (AvgIpc) is 3.09. The summed E-state index contributed by atoms with van der Waals surface area (Å²) in [6, 6.07) is 4.14. The molecule has 0 bridgehead atoms. The van der Waals surface area contributed by atoms with Crippen LogP contribution in [0.5, 0.6) is 0 Å². The summed E-state index contributed by atoms with van der Waals surface area (Å²) < 4.78 is 7.33. The first-order chi connectivity index (χ1) is 13.2. The van der Waals surface area contributed by atoms with Gasteiger partial charge in [-0.2, -0.15) is 5.10 Å². The Labute approximate surface area is 159 Å². The van der Waals surface area contributed by atoms with E-state index in [0.717, 1.165) is 49.4 Å². The van der Waals surface area contributed by atoms with Crippen LogP contribution >= 0.6 is 0 Å². The highest BCUT2D eigenvalue weighted by Crippen LogP contribution is 2.15. The number of anilines is 1. The Morgan fingerprint density at radius 3 is 2.89 bits per heavy atom. The van der Waals surface area contributed by atoms with Gasteiger partial charge in [-0.25, -0.2) is 15.0 Å². The first kappa shape index (κ1) is 19.1. The first-order valence-electron chi connectivity index (χ1n) is 9.32. The van der Waals surface area contributed by atoms with Crippen LogP contribution in [0.4, 0.5) is 5.82 Å². The average molecular weight is 372 g/mol. The lowest BCUT2D eigenvalue weighted by molar-refractivity contribution is 0.0529. The number of aryl methyl sites for hydroxylation is 1. The molecule has 0 amide bonds. The lowest BCUT2D eigenvalue weighted by Gasteiger charge is -2.32. The van der Waals surface area contributed by atoms with Gasteiger partial charge in [0.2, 0.25) is 0 Å². The highest BCUT2D eigenvalue weighted by molar-refractivity contribution is 5.79. The molecule has 2 N–H and O–H groups in total. The number of guanidine groups is 1. The zero-order valence-corrected chi connectivity index (χ0v) is 16.2. The summed E-state index contributed by atoms with van der Waals surface area (Å²) in [6.07, 6.45) is 3.68. The fraction of sp³-hybridized carbons (Fsp3) is 0.556. The van der Waals surface area contributed by atoms with Crippen molar-refractivity contribution in [2.45, 2.75) is 33.0 Å². The second kappa shape index (κ2) is 9.31. The van der Waals surface area contributed by atoms with E-state index in [4.69, 9.17) is 4.74 Å². The third-order valence-corrected chi connectivity index (χ3v) is 4.36. The number of nitrogens with zero attached hydrogens (tertiary/aromatic N) is 6. The summed E-state index contributed by atoms with van der Waals surface area (Å²) in [6.45, 7) is 8.54. The molecule has 9 heteroatoms. The van der Waals surface area contributed by atoms with Gasteiger partial charge in [-0.15, -0.1) is 0 Å². The number of morpholine rings is 1. The third kappa shape index (κ3) is 5.40. The number of aromatic nitrogens is 4. The molecular formula is C18H28N8O. The monoisotopic (exact) mass is 372 g/mol. The van der Waals surface area contributed by atoms with Crippen molar-refractivity contribution >= 4 is 11.8 Å². The number of hydrogen-bond acceptors (Lipinski definition) is 6. The maximum Gasteiger partial charge on any atom is 0.191 e. The van der Waals surface area contributed by atoms with Crippen LogP contribution in [0.1, 0.15) is 25.2 Å². The fourth-order valence-corrected chi connectivity index (χ4v) is 2.88. The van der Waals surface area contributed by atoms with Gasteiger partial charge >= 0.3 is 0 Å². The molecule has 1 unspecified atom stereocenters. The number of ether oxygens (including phenoxy) is 1. The van der Waals surface area contributed by atoms with Crippen molar-refractivity contribution in [1.82, 2.24) is 30.4 Å². The molecular weight excluding hydrogens is 344 g/mol. The standard InChI is InChI=1S/C18H28N8O/c1-4-19-18(22-11-17-23-13-24-25(17)3)21-10-15-5-6-16(20-9-15)26-7-8-27-14(2)12-26/h5-6,9,13-14H,4,7-8,10-12H2,1-3H3,(H2,19,21,22). The van der Waals surface area contributed by atoms with Crippen LogP contribution in [-0.4, -0.2) is 58.1 Å². The van der Waals surface area contributed by atoms with E-state index in [0.29, 0.717) is 13.1 Å². The Balaban J connectivity index is 1.57. The van der Waals surface area contributed by atoms with E-state index in [-0.39, 0.29) is 6.10 Å². The van der Waals surface area contributed by atoms with Gasteiger partial charge in [0.25, 0.3) is 0 Å². The van der Waals surface area contributed by atoms with Crippen molar-refractivity contribution in [3.05, 3.63) is 36.0 Å². The number of rotatable bonds is 6. The van der Waals surface area contributed by atoms with Gasteiger partial charge in [0.05, 0.1) is 25.8 Å². The van der Waals surface area contributed by atoms with Gasteiger partial charge in [0.1, 0.15) is 18.0 Å². The predicted octanol–water partition coefficient (Wildman–Crippen LogP) is 0.691. The predicted molar refractivity (Wildman–Crippen MR) is 105 cm³/mol. The molecule has 1 aliphatic rings. The largest absolute Gasteiger partial charge is 0.375 e. The highest BCUT2D eigenvalue weighted by atomic mass is 16.5. The molecule has 0 radical (unpaired) electrons. The van der Waals surface area contributed by atoms with E-state index in [1.807, 2.05) is 20.2 Å². The van der Waals surface area contributed by atoms with Gasteiger partial charge in [0.15, 0.2) is 5.96 Å². The number of hydrogen-bond donors (Lipinski definition) is 2. The Morgan fingerprint density at radius 2 is 2.22 bits per heavy atom. The number of pyridine rings is 1. The molecule has 9 nitrogen and oxygen atoms in total. The number of aliphatic imine (C=N–C) groups is 1. The van der Waals surface area contributed by atoms with Crippen molar-refractivity contribution in [1.29, 1.82) is 0 Å². The van der Waals surface area contributed by atoms with Crippen LogP contribution in [0.2, 0.25) is 0 Å². The molecule has 1 saturated heterocycles. The smallest absolute Gasteiger partial charge is 0.191 e. The number of nitrogens with one attached hydrogen (secondary N) is 2. The van der Waals surface area contributed by atoms with Gasteiger partial charge in [-0.3, -0.25) is 4.68 Å². The topological polar surface area (TPSA) is 92.5 Å². The molecule has 146 valence electrons. The molecule has 0 aromatic carbocycles. The molecule has 2 aromatic heterocycles. The van der Waals surface area contributed by atoms with E-state index in [2.05, 4.69) is 54.6 Å². The van der Waals surface area contributed by atoms with Gasteiger partial charge in [-0.05, 0) is 25.5 Å². The molecule has 1 aliphatic heterocycles. The van der Waals surface area contributed by atoms with Gasteiger partial charge in [0, 0.05) is 32.9 Å². The molecule has 1 atom stereocenters. The van der Waals surface area contributed by atoms with Crippen LogP contribution in [0.3, 0.4) is 0 Å². The Kier molecular flexibility index (Phi) is 6.59. The Hall–Kier alpha value is -2.68. The summed E-state index contributed by atoms with van der Waals surface area (Å²) in [5.41, 5.74) is 1.07. The van der Waals surface area contributed by atoms with E-state index < -0.39 is 0 Å². The molecule has 0 aliphatic carbocycles. The van der Waals surface area contributed by atoms with Crippen molar-refractivity contribution in [3.63, 3.8) is 0 Å². The summed E-state index contributed by atoms with van der Waals surface area (Å²) in [7, 11) is 1.87. The van der Waals surface area contributed by atoms with E-state index in [1.165, 1.54) is 0 Å². The molecule has 3 rings (SSSR count). The summed E-state index contributed by atoms with van der Waals surface area (Å²) in [4.78, 5) is 15.7. The first-order valence-corrected chi connectivity index (χ1v) is 9.32. The maximum atomic E-state index is 5.59. The quantitative estimate of drug-likeness (QED) is 0.569. The molecule has 0 saturated carbocycles. The Morgan fingerprint density at radius 1 is 1.33 bits per heavy atom. The molecule has 0 spiro atoms. The van der Waals surface area contributed by atoms with E-state index in [1.54, 1.807) is 11.0 Å². The second-order valence-corrected chi connectivity index (χ2v) is 6.50. The normalized spacial score (nSPS) is 17.8. The zero-order valence-electron chi connectivity index (χ0n) is 16.2. The SMILES string of the molecule is CCNC(=NCc1ccc(N2CCOC(C)C2)nc1)NCc1ncnn1C. The van der Waals surface area contributed by atoms with Crippen LogP contribution in [0, 0.1) is 0 Å². The second-order valence-electron chi connectivity index (χ2n) is 6.50. The minimum Gasteiger partial charge on any atom is -0.375 e. The molecule has 1 fully saturated rings. The van der Waals surface area contributed by atoms with Crippen LogP contribution in [0.25, 0.3) is 0 Å². The maximum absolute atomic E-state index is 5.59. The minimum atomic E-state index is 0.243. The lowest BCUT2D eigenvalue weighted by atomic mass is 10.2. The van der Waals surface area contributed by atoms with E-state index in [9.17, 15) is 0 Å². The fourth-order valence-electron chi connectivity index (χ4n) is 2.88. The summed E-state index contributed by atoms with van der Waals surface area (Å²) in [5.74, 6) is 2.59. The lowest BCUT2D eigenvalue weighted by Crippen LogP contribution is -2.41. The molecule has 3 heterocycles. The van der Waals surface area contributed by atoms with Crippen molar-refractivity contribution in [2.24, 2.45) is 12.0 Å². The molecule has 2 aromatic rings. The Bertz CT molecular complexity index is 742. The third-order valence-electron chi connectivity index (χ3n) is 4.36. The van der Waals surface area contributed by atoms with Crippen molar-refractivity contribution in [3.8, 4) is 0 Å². The van der Waals surface area contributed by atoms with Crippen LogP contribution in [0.15, 0.2) is 29.6 Å². The van der Waals surface area contributed by atoms with Crippen molar-refractivity contribution < 1.29 is 4.74 Å². The minimum absolute atomic E-state index is 0.243. The molecule has 27 heavy (non-hydrogen) atoms.